The van der Waals surface area contributed by atoms with E-state index in [1.54, 1.807) is 54.4 Å². The number of fused-ring (bicyclic) bond motifs is 1. The summed E-state index contributed by atoms with van der Waals surface area (Å²) in [6, 6.07) is 21.9. The summed E-state index contributed by atoms with van der Waals surface area (Å²) in [7, 11) is 1.75. The van der Waals surface area contributed by atoms with Gasteiger partial charge in [0.2, 0.25) is 0 Å². The molecule has 0 atom stereocenters. The zero-order valence-corrected chi connectivity index (χ0v) is 17.0. The van der Waals surface area contributed by atoms with Gasteiger partial charge in [0.1, 0.15) is 0 Å². The van der Waals surface area contributed by atoms with Gasteiger partial charge in [-0.25, -0.2) is 0 Å². The van der Waals surface area contributed by atoms with E-state index in [9.17, 15) is 9.59 Å². The lowest BCUT2D eigenvalue weighted by molar-refractivity contribution is -0.115. The van der Waals surface area contributed by atoms with Gasteiger partial charge in [-0.3, -0.25) is 9.59 Å². The first-order chi connectivity index (χ1) is 14.5. The molecule has 4 rings (SSSR count). The van der Waals surface area contributed by atoms with Crippen LogP contribution in [0.3, 0.4) is 0 Å². The summed E-state index contributed by atoms with van der Waals surface area (Å²) >= 11 is 6.00. The van der Waals surface area contributed by atoms with Crippen molar-refractivity contribution in [3.8, 4) is 5.75 Å². The number of anilines is 1. The Morgan fingerprint density at radius 1 is 1.07 bits per heavy atom. The van der Waals surface area contributed by atoms with Crippen molar-refractivity contribution in [2.45, 2.75) is 6.54 Å². The van der Waals surface area contributed by atoms with Gasteiger partial charge >= 0.3 is 0 Å². The molecule has 3 aromatic rings. The van der Waals surface area contributed by atoms with E-state index in [2.05, 4.69) is 5.32 Å². The van der Waals surface area contributed by atoms with E-state index in [1.165, 1.54) is 0 Å². The highest BCUT2D eigenvalue weighted by Gasteiger charge is 2.24. The Kier molecular flexibility index (Phi) is 5.55. The number of nitrogens with zero attached hydrogens (tertiary/aromatic N) is 1. The highest BCUT2D eigenvalue weighted by molar-refractivity contribution is 6.30. The van der Waals surface area contributed by atoms with Gasteiger partial charge in [-0.1, -0.05) is 54.1 Å². The van der Waals surface area contributed by atoms with Crippen LogP contribution in [-0.2, 0) is 11.3 Å². The maximum absolute atomic E-state index is 12.8. The fourth-order valence-corrected chi connectivity index (χ4v) is 3.39. The highest BCUT2D eigenvalue weighted by atomic mass is 35.5. The van der Waals surface area contributed by atoms with Gasteiger partial charge in [0.25, 0.3) is 11.8 Å². The maximum Gasteiger partial charge on any atom is 0.291 e. The van der Waals surface area contributed by atoms with E-state index < -0.39 is 0 Å². The molecule has 0 aliphatic carbocycles. The van der Waals surface area contributed by atoms with Gasteiger partial charge in [0, 0.05) is 24.2 Å². The van der Waals surface area contributed by atoms with Gasteiger partial charge in [-0.05, 0) is 47.5 Å². The van der Waals surface area contributed by atoms with Crippen LogP contribution in [0.15, 0.2) is 78.6 Å². The van der Waals surface area contributed by atoms with E-state index in [0.717, 1.165) is 11.1 Å². The SMILES string of the molecule is CN(Cc1ccccc1)C(=O)c1ccc2c(c1)NC(=O)C(=Cc1cccc(Cl)c1)O2. The molecule has 2 amide bonds. The first-order valence-electron chi connectivity index (χ1n) is 9.39. The second-order valence-electron chi connectivity index (χ2n) is 6.98. The molecule has 5 nitrogen and oxygen atoms in total. The van der Waals surface area contributed by atoms with Crippen molar-refractivity contribution in [3.63, 3.8) is 0 Å². The molecule has 0 aromatic heterocycles. The van der Waals surface area contributed by atoms with Crippen LogP contribution < -0.4 is 10.1 Å². The topological polar surface area (TPSA) is 58.6 Å². The summed E-state index contributed by atoms with van der Waals surface area (Å²) in [5, 5.41) is 3.37. The quantitative estimate of drug-likeness (QED) is 0.607. The van der Waals surface area contributed by atoms with Crippen LogP contribution in [0.25, 0.3) is 6.08 Å². The zero-order chi connectivity index (χ0) is 21.1. The first kappa shape index (κ1) is 19.7. The average Bonchev–Trinajstić information content (AvgIpc) is 2.74. The lowest BCUT2D eigenvalue weighted by atomic mass is 10.1. The standard InChI is InChI=1S/C24H19ClN2O3/c1-27(15-16-6-3-2-4-7-16)24(29)18-10-11-21-20(14-18)26-23(28)22(30-21)13-17-8-5-9-19(25)12-17/h2-14H,15H2,1H3,(H,26,28). The van der Waals surface area contributed by atoms with Crippen molar-refractivity contribution < 1.29 is 14.3 Å². The summed E-state index contributed by atoms with van der Waals surface area (Å²) in [5.74, 6) is 0.107. The molecular formula is C24H19ClN2O3. The first-order valence-corrected chi connectivity index (χ1v) is 9.77. The van der Waals surface area contributed by atoms with Crippen LogP contribution >= 0.6 is 11.6 Å². The summed E-state index contributed by atoms with van der Waals surface area (Å²) in [5.41, 5.74) is 2.73. The Labute approximate surface area is 179 Å². The van der Waals surface area contributed by atoms with Crippen LogP contribution in [0.1, 0.15) is 21.5 Å². The monoisotopic (exact) mass is 418 g/mol. The number of amides is 2. The Bertz CT molecular complexity index is 1140. The molecule has 30 heavy (non-hydrogen) atoms. The van der Waals surface area contributed by atoms with Crippen LogP contribution in [0, 0.1) is 0 Å². The Hall–Kier alpha value is -3.57. The van der Waals surface area contributed by atoms with Crippen molar-refractivity contribution >= 4 is 35.2 Å². The molecule has 0 saturated carbocycles. The van der Waals surface area contributed by atoms with E-state index in [1.807, 2.05) is 36.4 Å². The predicted octanol–water partition coefficient (Wildman–Crippen LogP) is 4.98. The number of rotatable bonds is 4. The minimum absolute atomic E-state index is 0.142. The molecule has 0 spiro atoms. The van der Waals surface area contributed by atoms with Crippen LogP contribution in [0.4, 0.5) is 5.69 Å². The fraction of sp³-hybridized carbons (Fsp3) is 0.0833. The third kappa shape index (κ3) is 4.36. The zero-order valence-electron chi connectivity index (χ0n) is 16.3. The van der Waals surface area contributed by atoms with Crippen LogP contribution in [0.5, 0.6) is 5.75 Å². The van der Waals surface area contributed by atoms with Crippen molar-refractivity contribution in [1.82, 2.24) is 4.90 Å². The van der Waals surface area contributed by atoms with Crippen molar-refractivity contribution in [3.05, 3.63) is 100 Å². The number of hydrogen-bond donors (Lipinski definition) is 1. The van der Waals surface area contributed by atoms with E-state index in [-0.39, 0.29) is 17.6 Å². The van der Waals surface area contributed by atoms with Crippen molar-refractivity contribution in [2.75, 3.05) is 12.4 Å². The number of benzene rings is 3. The Balaban J connectivity index is 1.53. The molecule has 0 bridgehead atoms. The average molecular weight is 419 g/mol. The molecule has 0 radical (unpaired) electrons. The Morgan fingerprint density at radius 3 is 2.63 bits per heavy atom. The fourth-order valence-electron chi connectivity index (χ4n) is 3.19. The van der Waals surface area contributed by atoms with Crippen LogP contribution in [0.2, 0.25) is 5.02 Å². The summed E-state index contributed by atoms with van der Waals surface area (Å²) in [6.07, 6.45) is 1.62. The molecular weight excluding hydrogens is 400 g/mol. The molecule has 6 heteroatoms. The largest absolute Gasteiger partial charge is 0.449 e. The minimum atomic E-state index is -0.385. The van der Waals surface area contributed by atoms with Crippen molar-refractivity contribution in [2.24, 2.45) is 0 Å². The third-order valence-electron chi connectivity index (χ3n) is 4.67. The summed E-state index contributed by atoms with van der Waals surface area (Å²) in [6.45, 7) is 0.492. The predicted molar refractivity (Wildman–Crippen MR) is 117 cm³/mol. The maximum atomic E-state index is 12.8. The molecule has 1 heterocycles. The van der Waals surface area contributed by atoms with Crippen molar-refractivity contribution in [1.29, 1.82) is 0 Å². The molecule has 0 fully saturated rings. The molecule has 1 aliphatic heterocycles. The minimum Gasteiger partial charge on any atom is -0.449 e. The Morgan fingerprint density at radius 2 is 1.87 bits per heavy atom. The number of nitrogens with one attached hydrogen (secondary N) is 1. The second kappa shape index (κ2) is 8.43. The molecule has 150 valence electrons. The smallest absolute Gasteiger partial charge is 0.291 e. The lowest BCUT2D eigenvalue weighted by Gasteiger charge is -2.22. The normalized spacial score (nSPS) is 13.9. The molecule has 0 saturated heterocycles. The number of hydrogen-bond acceptors (Lipinski definition) is 3. The third-order valence-corrected chi connectivity index (χ3v) is 4.91. The number of carbonyl (C=O) groups excluding carboxylic acids is 2. The van der Waals surface area contributed by atoms with Crippen LogP contribution in [-0.4, -0.2) is 23.8 Å². The molecule has 3 aromatic carbocycles. The number of halogens is 1. The van der Waals surface area contributed by atoms with Gasteiger partial charge in [-0.15, -0.1) is 0 Å². The molecule has 1 aliphatic rings. The number of carbonyl (C=O) groups is 2. The van der Waals surface area contributed by atoms with E-state index in [0.29, 0.717) is 28.6 Å². The van der Waals surface area contributed by atoms with E-state index in [4.69, 9.17) is 16.3 Å². The van der Waals surface area contributed by atoms with Gasteiger partial charge in [0.15, 0.2) is 11.5 Å². The number of ether oxygens (including phenoxy) is 1. The molecule has 0 unspecified atom stereocenters. The van der Waals surface area contributed by atoms with Gasteiger partial charge in [0.05, 0.1) is 5.69 Å². The highest BCUT2D eigenvalue weighted by Crippen LogP contribution is 2.33. The van der Waals surface area contributed by atoms with Gasteiger partial charge < -0.3 is 15.0 Å². The summed E-state index contributed by atoms with van der Waals surface area (Å²) in [4.78, 5) is 26.9. The lowest BCUT2D eigenvalue weighted by Crippen LogP contribution is -2.27. The van der Waals surface area contributed by atoms with Gasteiger partial charge in [-0.2, -0.15) is 0 Å². The molecule has 1 N–H and O–H groups in total. The van der Waals surface area contributed by atoms with E-state index >= 15 is 0 Å². The summed E-state index contributed by atoms with van der Waals surface area (Å²) < 4.78 is 5.76. The second-order valence-corrected chi connectivity index (χ2v) is 7.41.